The van der Waals surface area contributed by atoms with Gasteiger partial charge in [0, 0.05) is 15.1 Å². The van der Waals surface area contributed by atoms with Crippen LogP contribution in [0.2, 0.25) is 5.02 Å². The van der Waals surface area contributed by atoms with E-state index in [0.717, 1.165) is 15.6 Å². The van der Waals surface area contributed by atoms with Crippen molar-refractivity contribution < 1.29 is 14.3 Å². The fourth-order valence-corrected chi connectivity index (χ4v) is 2.54. The number of carbonyl (C=O) groups excluding carboxylic acids is 1. The Kier molecular flexibility index (Phi) is 6.63. The van der Waals surface area contributed by atoms with E-state index in [4.69, 9.17) is 21.1 Å². The third-order valence-corrected chi connectivity index (χ3v) is 3.81. The quantitative estimate of drug-likeness (QED) is 0.578. The van der Waals surface area contributed by atoms with Crippen LogP contribution in [0.3, 0.4) is 0 Å². The van der Waals surface area contributed by atoms with Crippen LogP contribution in [-0.2, 0) is 4.79 Å². The SMILES string of the molecule is COc1ccc(Br)cc1/C=N\NC(=O)COc1ccc(Cl)cc1C. The van der Waals surface area contributed by atoms with Crippen molar-refractivity contribution in [3.63, 3.8) is 0 Å². The first-order chi connectivity index (χ1) is 11.5. The molecule has 0 aliphatic heterocycles. The number of halogens is 2. The molecule has 0 heterocycles. The molecule has 2 rings (SSSR count). The zero-order chi connectivity index (χ0) is 17.5. The molecule has 5 nitrogen and oxygen atoms in total. The number of amides is 1. The first kappa shape index (κ1) is 18.3. The van der Waals surface area contributed by atoms with Gasteiger partial charge in [0.1, 0.15) is 11.5 Å². The number of hydrazone groups is 1. The largest absolute Gasteiger partial charge is 0.496 e. The number of nitrogens with one attached hydrogen (secondary N) is 1. The molecule has 2 aromatic carbocycles. The van der Waals surface area contributed by atoms with E-state index in [1.165, 1.54) is 6.21 Å². The molecular weight excluding hydrogens is 396 g/mol. The number of ether oxygens (including phenoxy) is 2. The maximum Gasteiger partial charge on any atom is 0.277 e. The molecule has 0 aliphatic carbocycles. The number of nitrogens with zero attached hydrogens (tertiary/aromatic N) is 1. The van der Waals surface area contributed by atoms with E-state index in [1.54, 1.807) is 31.4 Å². The maximum atomic E-state index is 11.8. The lowest BCUT2D eigenvalue weighted by atomic mass is 10.2. The summed E-state index contributed by atoms with van der Waals surface area (Å²) >= 11 is 9.25. The normalized spacial score (nSPS) is 10.7. The van der Waals surface area contributed by atoms with Gasteiger partial charge in [-0.3, -0.25) is 4.79 Å². The number of hydrogen-bond donors (Lipinski definition) is 1. The molecule has 0 atom stereocenters. The summed E-state index contributed by atoms with van der Waals surface area (Å²) in [4.78, 5) is 11.8. The molecular formula is C17H16BrClN2O3. The first-order valence-electron chi connectivity index (χ1n) is 7.04. The predicted octanol–water partition coefficient (Wildman–Crippen LogP) is 3.95. The van der Waals surface area contributed by atoms with Crippen molar-refractivity contribution in [1.82, 2.24) is 5.43 Å². The van der Waals surface area contributed by atoms with Crippen LogP contribution in [-0.4, -0.2) is 25.8 Å². The molecule has 0 aliphatic rings. The van der Waals surface area contributed by atoms with Gasteiger partial charge >= 0.3 is 0 Å². The van der Waals surface area contributed by atoms with Crippen molar-refractivity contribution in [2.45, 2.75) is 6.92 Å². The van der Waals surface area contributed by atoms with Crippen LogP contribution in [0.5, 0.6) is 11.5 Å². The van der Waals surface area contributed by atoms with Gasteiger partial charge < -0.3 is 9.47 Å². The molecule has 24 heavy (non-hydrogen) atoms. The van der Waals surface area contributed by atoms with Gasteiger partial charge in [0.15, 0.2) is 6.61 Å². The topological polar surface area (TPSA) is 59.9 Å². The monoisotopic (exact) mass is 410 g/mol. The van der Waals surface area contributed by atoms with Crippen LogP contribution in [0, 0.1) is 6.92 Å². The van der Waals surface area contributed by atoms with Gasteiger partial charge in [0.25, 0.3) is 5.91 Å². The van der Waals surface area contributed by atoms with Crippen molar-refractivity contribution in [3.8, 4) is 11.5 Å². The summed E-state index contributed by atoms with van der Waals surface area (Å²) in [7, 11) is 1.57. The van der Waals surface area contributed by atoms with Crippen molar-refractivity contribution in [3.05, 3.63) is 57.0 Å². The highest BCUT2D eigenvalue weighted by atomic mass is 79.9. The average Bonchev–Trinajstić information content (AvgIpc) is 2.54. The minimum absolute atomic E-state index is 0.143. The zero-order valence-corrected chi connectivity index (χ0v) is 15.5. The molecule has 2 aromatic rings. The number of methoxy groups -OCH3 is 1. The van der Waals surface area contributed by atoms with Gasteiger partial charge in [-0.1, -0.05) is 27.5 Å². The smallest absolute Gasteiger partial charge is 0.277 e. The van der Waals surface area contributed by atoms with E-state index in [2.05, 4.69) is 26.5 Å². The summed E-state index contributed by atoms with van der Waals surface area (Å²) in [6, 6.07) is 10.7. The van der Waals surface area contributed by atoms with Crippen LogP contribution < -0.4 is 14.9 Å². The fourth-order valence-electron chi connectivity index (χ4n) is 1.93. The Morgan fingerprint density at radius 2 is 2.04 bits per heavy atom. The Bertz CT molecular complexity index is 765. The molecule has 0 bridgehead atoms. The Balaban J connectivity index is 1.90. The van der Waals surface area contributed by atoms with Gasteiger partial charge in [-0.15, -0.1) is 0 Å². The standard InChI is InChI=1S/C17H16BrClN2O3/c1-11-7-14(19)4-6-15(11)24-10-17(22)21-20-9-12-8-13(18)3-5-16(12)23-2/h3-9H,10H2,1-2H3,(H,21,22)/b20-9-. The Hall–Kier alpha value is -2.05. The highest BCUT2D eigenvalue weighted by Crippen LogP contribution is 2.22. The summed E-state index contributed by atoms with van der Waals surface area (Å²) in [6.07, 6.45) is 1.51. The molecule has 0 aromatic heterocycles. The van der Waals surface area contributed by atoms with Crippen molar-refractivity contribution in [2.24, 2.45) is 5.10 Å². The fraction of sp³-hybridized carbons (Fsp3) is 0.176. The lowest BCUT2D eigenvalue weighted by Gasteiger charge is -2.08. The summed E-state index contributed by atoms with van der Waals surface area (Å²) in [6.45, 7) is 1.71. The second-order valence-electron chi connectivity index (χ2n) is 4.88. The average molecular weight is 412 g/mol. The zero-order valence-electron chi connectivity index (χ0n) is 13.2. The molecule has 0 spiro atoms. The van der Waals surface area contributed by atoms with Crippen LogP contribution in [0.1, 0.15) is 11.1 Å². The highest BCUT2D eigenvalue weighted by molar-refractivity contribution is 9.10. The molecule has 7 heteroatoms. The summed E-state index contributed by atoms with van der Waals surface area (Å²) in [5.41, 5.74) is 4.01. The molecule has 0 fully saturated rings. The van der Waals surface area contributed by atoms with Gasteiger partial charge in [0.2, 0.25) is 0 Å². The van der Waals surface area contributed by atoms with E-state index in [1.807, 2.05) is 19.1 Å². The molecule has 0 saturated carbocycles. The van der Waals surface area contributed by atoms with E-state index in [9.17, 15) is 4.79 Å². The summed E-state index contributed by atoms with van der Waals surface area (Å²) in [5, 5.41) is 4.54. The Labute approximate surface area is 153 Å². The minimum atomic E-state index is -0.366. The first-order valence-corrected chi connectivity index (χ1v) is 8.21. The third kappa shape index (κ3) is 5.25. The summed E-state index contributed by atoms with van der Waals surface area (Å²) < 4.78 is 11.6. The van der Waals surface area contributed by atoms with E-state index in [0.29, 0.717) is 16.5 Å². The van der Waals surface area contributed by atoms with Crippen molar-refractivity contribution in [2.75, 3.05) is 13.7 Å². The van der Waals surface area contributed by atoms with Crippen LogP contribution in [0.15, 0.2) is 46.0 Å². The van der Waals surface area contributed by atoms with Gasteiger partial charge in [-0.2, -0.15) is 5.10 Å². The van der Waals surface area contributed by atoms with Crippen LogP contribution >= 0.6 is 27.5 Å². The van der Waals surface area contributed by atoms with E-state index in [-0.39, 0.29) is 12.5 Å². The third-order valence-electron chi connectivity index (χ3n) is 3.08. The number of benzene rings is 2. The van der Waals surface area contributed by atoms with Crippen LogP contribution in [0.4, 0.5) is 0 Å². The van der Waals surface area contributed by atoms with E-state index < -0.39 is 0 Å². The molecule has 0 radical (unpaired) electrons. The highest BCUT2D eigenvalue weighted by Gasteiger charge is 2.05. The molecule has 126 valence electrons. The van der Waals surface area contributed by atoms with Gasteiger partial charge in [0.05, 0.1) is 13.3 Å². The Morgan fingerprint density at radius 1 is 1.29 bits per heavy atom. The molecule has 1 N–H and O–H groups in total. The summed E-state index contributed by atoms with van der Waals surface area (Å²) in [5.74, 6) is 0.894. The van der Waals surface area contributed by atoms with Crippen molar-refractivity contribution >= 4 is 39.7 Å². The number of hydrogen-bond acceptors (Lipinski definition) is 4. The minimum Gasteiger partial charge on any atom is -0.496 e. The lowest BCUT2D eigenvalue weighted by molar-refractivity contribution is -0.123. The number of aryl methyl sites for hydroxylation is 1. The van der Waals surface area contributed by atoms with Gasteiger partial charge in [-0.05, 0) is 48.9 Å². The molecule has 1 amide bonds. The number of carbonyl (C=O) groups is 1. The Morgan fingerprint density at radius 3 is 2.75 bits per heavy atom. The predicted molar refractivity (Wildman–Crippen MR) is 98.1 cm³/mol. The maximum absolute atomic E-state index is 11.8. The lowest BCUT2D eigenvalue weighted by Crippen LogP contribution is -2.24. The van der Waals surface area contributed by atoms with Gasteiger partial charge in [-0.25, -0.2) is 5.43 Å². The molecule has 0 saturated heterocycles. The van der Waals surface area contributed by atoms with E-state index >= 15 is 0 Å². The second-order valence-corrected chi connectivity index (χ2v) is 6.23. The van der Waals surface area contributed by atoms with Crippen LogP contribution in [0.25, 0.3) is 0 Å². The second kappa shape index (κ2) is 8.70. The number of rotatable bonds is 6. The van der Waals surface area contributed by atoms with Crippen molar-refractivity contribution in [1.29, 1.82) is 0 Å². The molecule has 0 unspecified atom stereocenters.